The van der Waals surface area contributed by atoms with Gasteiger partial charge < -0.3 is 10.8 Å². The van der Waals surface area contributed by atoms with Crippen molar-refractivity contribution in [2.75, 3.05) is 0 Å². The van der Waals surface area contributed by atoms with Crippen LogP contribution in [0.3, 0.4) is 0 Å². The summed E-state index contributed by atoms with van der Waals surface area (Å²) >= 11 is 0. The number of aliphatic hydroxyl groups is 1. The fourth-order valence-electron chi connectivity index (χ4n) is 1.46. The highest BCUT2D eigenvalue weighted by Crippen LogP contribution is 2.27. The van der Waals surface area contributed by atoms with Crippen molar-refractivity contribution >= 4 is 0 Å². The normalized spacial score (nSPS) is 41.2. The molecule has 0 unspecified atom stereocenters. The van der Waals surface area contributed by atoms with E-state index in [1.54, 1.807) is 6.08 Å². The van der Waals surface area contributed by atoms with Gasteiger partial charge in [0, 0.05) is 6.04 Å². The van der Waals surface area contributed by atoms with E-state index >= 15 is 0 Å². The molecule has 1 fully saturated rings. The van der Waals surface area contributed by atoms with Crippen molar-refractivity contribution in [3.05, 3.63) is 12.7 Å². The summed E-state index contributed by atoms with van der Waals surface area (Å²) in [6, 6.07) is -0.0984. The summed E-state index contributed by atoms with van der Waals surface area (Å²) in [6.45, 7) is 3.58. The smallest absolute Gasteiger partial charge is 0.0975 e. The highest BCUT2D eigenvalue weighted by Gasteiger charge is 2.33. The quantitative estimate of drug-likeness (QED) is 0.531. The van der Waals surface area contributed by atoms with Gasteiger partial charge in [0.25, 0.3) is 0 Å². The molecular formula is C8H15NO. The van der Waals surface area contributed by atoms with Gasteiger partial charge in [0.05, 0.1) is 5.60 Å². The maximum Gasteiger partial charge on any atom is 0.0975 e. The van der Waals surface area contributed by atoms with E-state index in [1.165, 1.54) is 0 Å². The van der Waals surface area contributed by atoms with Gasteiger partial charge in [-0.3, -0.25) is 0 Å². The number of nitrogens with two attached hydrogens (primary N) is 1. The standard InChI is InChI=1S/C8H15NO/c1-2-8(10)6-4-3-5-7(8)9/h2,7,10H,1,3-6,9H2/t7-,8+/m0/s1. The summed E-state index contributed by atoms with van der Waals surface area (Å²) < 4.78 is 0. The fourth-order valence-corrected chi connectivity index (χ4v) is 1.46. The van der Waals surface area contributed by atoms with Crippen LogP contribution in [0.2, 0.25) is 0 Å². The highest BCUT2D eigenvalue weighted by molar-refractivity contribution is 5.04. The van der Waals surface area contributed by atoms with Crippen molar-refractivity contribution in [1.29, 1.82) is 0 Å². The molecule has 1 saturated carbocycles. The van der Waals surface area contributed by atoms with E-state index in [4.69, 9.17) is 5.73 Å². The molecule has 0 aromatic rings. The van der Waals surface area contributed by atoms with Gasteiger partial charge in [-0.15, -0.1) is 6.58 Å². The molecular weight excluding hydrogens is 126 g/mol. The van der Waals surface area contributed by atoms with Gasteiger partial charge in [0.1, 0.15) is 0 Å². The molecule has 0 saturated heterocycles. The molecule has 1 aliphatic rings. The number of rotatable bonds is 1. The molecule has 2 nitrogen and oxygen atoms in total. The predicted octanol–water partition coefficient (Wildman–Crippen LogP) is 0.805. The van der Waals surface area contributed by atoms with Gasteiger partial charge in [-0.2, -0.15) is 0 Å². The van der Waals surface area contributed by atoms with Gasteiger partial charge in [0.15, 0.2) is 0 Å². The number of hydrogen-bond acceptors (Lipinski definition) is 2. The topological polar surface area (TPSA) is 46.2 Å². The van der Waals surface area contributed by atoms with E-state index in [1.807, 2.05) is 0 Å². The Morgan fingerprint density at radius 2 is 2.30 bits per heavy atom. The molecule has 10 heavy (non-hydrogen) atoms. The Balaban J connectivity index is 2.62. The third kappa shape index (κ3) is 1.22. The molecule has 58 valence electrons. The minimum absolute atomic E-state index is 0.0984. The molecule has 0 spiro atoms. The first-order valence-corrected chi connectivity index (χ1v) is 3.80. The Labute approximate surface area is 61.7 Å². The number of hydrogen-bond donors (Lipinski definition) is 2. The van der Waals surface area contributed by atoms with Crippen LogP contribution in [0, 0.1) is 0 Å². The second kappa shape index (κ2) is 2.72. The summed E-state index contributed by atoms with van der Waals surface area (Å²) in [6.07, 6.45) is 5.48. The molecule has 0 aliphatic heterocycles. The molecule has 0 bridgehead atoms. The lowest BCUT2D eigenvalue weighted by atomic mass is 9.81. The SMILES string of the molecule is C=C[C@@]1(O)CCCC[C@@H]1N. The molecule has 2 atom stereocenters. The molecule has 0 amide bonds. The molecule has 0 heterocycles. The fraction of sp³-hybridized carbons (Fsp3) is 0.750. The lowest BCUT2D eigenvalue weighted by Gasteiger charge is -2.34. The second-order valence-corrected chi connectivity index (χ2v) is 3.05. The molecule has 1 aliphatic carbocycles. The van der Waals surface area contributed by atoms with Crippen LogP contribution in [-0.4, -0.2) is 16.7 Å². The zero-order valence-corrected chi connectivity index (χ0v) is 6.21. The van der Waals surface area contributed by atoms with E-state index in [2.05, 4.69) is 6.58 Å². The Hall–Kier alpha value is -0.340. The van der Waals surface area contributed by atoms with Gasteiger partial charge in [-0.1, -0.05) is 18.9 Å². The van der Waals surface area contributed by atoms with Gasteiger partial charge >= 0.3 is 0 Å². The third-order valence-corrected chi connectivity index (χ3v) is 2.34. The van der Waals surface area contributed by atoms with Crippen molar-refractivity contribution in [2.24, 2.45) is 5.73 Å². The minimum atomic E-state index is -0.780. The highest BCUT2D eigenvalue weighted by atomic mass is 16.3. The maximum absolute atomic E-state index is 9.71. The second-order valence-electron chi connectivity index (χ2n) is 3.05. The van der Waals surface area contributed by atoms with Crippen LogP contribution in [0.5, 0.6) is 0 Å². The summed E-state index contributed by atoms with van der Waals surface area (Å²) in [7, 11) is 0. The Kier molecular flexibility index (Phi) is 2.11. The van der Waals surface area contributed by atoms with E-state index in [9.17, 15) is 5.11 Å². The van der Waals surface area contributed by atoms with Crippen LogP contribution in [0.4, 0.5) is 0 Å². The van der Waals surface area contributed by atoms with Crippen molar-refractivity contribution in [3.63, 3.8) is 0 Å². The lowest BCUT2D eigenvalue weighted by Crippen LogP contribution is -2.48. The summed E-state index contributed by atoms with van der Waals surface area (Å²) in [5.74, 6) is 0. The average molecular weight is 141 g/mol. The Morgan fingerprint density at radius 1 is 1.60 bits per heavy atom. The van der Waals surface area contributed by atoms with Crippen molar-refractivity contribution in [3.8, 4) is 0 Å². The lowest BCUT2D eigenvalue weighted by molar-refractivity contribution is 0.0319. The average Bonchev–Trinajstić information content (AvgIpc) is 1.96. The predicted molar refractivity (Wildman–Crippen MR) is 41.6 cm³/mol. The zero-order chi connectivity index (χ0) is 7.61. The molecule has 0 aromatic carbocycles. The van der Waals surface area contributed by atoms with Gasteiger partial charge in [0.2, 0.25) is 0 Å². The van der Waals surface area contributed by atoms with Crippen LogP contribution in [0.15, 0.2) is 12.7 Å². The molecule has 2 heteroatoms. The molecule has 0 radical (unpaired) electrons. The van der Waals surface area contributed by atoms with E-state index in [0.29, 0.717) is 0 Å². The Morgan fingerprint density at radius 3 is 2.70 bits per heavy atom. The first kappa shape index (κ1) is 7.76. The maximum atomic E-state index is 9.71. The van der Waals surface area contributed by atoms with Crippen molar-refractivity contribution in [1.82, 2.24) is 0 Å². The zero-order valence-electron chi connectivity index (χ0n) is 6.21. The van der Waals surface area contributed by atoms with Crippen LogP contribution < -0.4 is 5.73 Å². The first-order valence-electron chi connectivity index (χ1n) is 3.80. The summed E-state index contributed by atoms with van der Waals surface area (Å²) in [4.78, 5) is 0. The van der Waals surface area contributed by atoms with E-state index in [-0.39, 0.29) is 6.04 Å². The first-order chi connectivity index (χ1) is 4.69. The van der Waals surface area contributed by atoms with E-state index < -0.39 is 5.60 Å². The summed E-state index contributed by atoms with van der Waals surface area (Å²) in [5, 5.41) is 9.71. The van der Waals surface area contributed by atoms with Crippen LogP contribution in [-0.2, 0) is 0 Å². The summed E-state index contributed by atoms with van der Waals surface area (Å²) in [5.41, 5.74) is 4.92. The van der Waals surface area contributed by atoms with Gasteiger partial charge in [-0.25, -0.2) is 0 Å². The Bertz CT molecular complexity index is 135. The van der Waals surface area contributed by atoms with Gasteiger partial charge in [-0.05, 0) is 12.8 Å². The van der Waals surface area contributed by atoms with E-state index in [0.717, 1.165) is 25.7 Å². The van der Waals surface area contributed by atoms with Crippen LogP contribution >= 0.6 is 0 Å². The molecule has 1 rings (SSSR count). The van der Waals surface area contributed by atoms with Crippen LogP contribution in [0.25, 0.3) is 0 Å². The van der Waals surface area contributed by atoms with Crippen LogP contribution in [0.1, 0.15) is 25.7 Å². The van der Waals surface area contributed by atoms with Crippen molar-refractivity contribution < 1.29 is 5.11 Å². The monoisotopic (exact) mass is 141 g/mol. The minimum Gasteiger partial charge on any atom is -0.384 e. The molecule has 0 aromatic heterocycles. The van der Waals surface area contributed by atoms with Crippen molar-refractivity contribution in [2.45, 2.75) is 37.3 Å². The largest absolute Gasteiger partial charge is 0.384 e. The third-order valence-electron chi connectivity index (χ3n) is 2.34. The molecule has 3 N–H and O–H groups in total.